The predicted molar refractivity (Wildman–Crippen MR) is 97.5 cm³/mol. The van der Waals surface area contributed by atoms with Crippen LogP contribution in [-0.2, 0) is 9.84 Å². The Morgan fingerprint density at radius 3 is 2.52 bits per heavy atom. The number of nitrogens with zero attached hydrogens (tertiary/aromatic N) is 5. The van der Waals surface area contributed by atoms with E-state index in [-0.39, 0.29) is 16.5 Å². The zero-order valence-corrected chi connectivity index (χ0v) is 16.3. The first-order valence-corrected chi connectivity index (χ1v) is 9.93. The fraction of sp³-hybridized carbons (Fsp3) is 0.188. The van der Waals surface area contributed by atoms with Gasteiger partial charge in [0.05, 0.1) is 10.9 Å². The van der Waals surface area contributed by atoms with Crippen molar-refractivity contribution in [1.29, 1.82) is 0 Å². The van der Waals surface area contributed by atoms with Crippen LogP contribution in [0.3, 0.4) is 0 Å². The number of hydrogen-bond acceptors (Lipinski definition) is 7. The van der Waals surface area contributed by atoms with E-state index < -0.39 is 32.4 Å². The van der Waals surface area contributed by atoms with Gasteiger partial charge in [0.15, 0.2) is 5.82 Å². The third kappa shape index (κ3) is 4.38. The summed E-state index contributed by atoms with van der Waals surface area (Å²) >= 11 is 5.81. The van der Waals surface area contributed by atoms with Crippen molar-refractivity contribution in [3.8, 4) is 5.95 Å². The molecule has 9 nitrogen and oxygen atoms in total. The smallest absolute Gasteiger partial charge is 0.341 e. The van der Waals surface area contributed by atoms with E-state index in [4.69, 9.17) is 11.6 Å². The summed E-state index contributed by atoms with van der Waals surface area (Å²) < 4.78 is 50.3. The minimum Gasteiger partial charge on any atom is -0.342 e. The summed E-state index contributed by atoms with van der Waals surface area (Å²) in [4.78, 5) is 24.0. The van der Waals surface area contributed by atoms with Crippen molar-refractivity contribution in [2.75, 3.05) is 0 Å². The molecular weight excluding hydrogens is 430 g/mol. The second-order valence-corrected chi connectivity index (χ2v) is 8.11. The molecule has 0 aliphatic heterocycles. The zero-order valence-electron chi connectivity index (χ0n) is 14.7. The summed E-state index contributed by atoms with van der Waals surface area (Å²) in [7, 11) is -4.91. The molecule has 2 heterocycles. The van der Waals surface area contributed by atoms with Crippen LogP contribution in [-0.4, -0.2) is 44.8 Å². The Morgan fingerprint density at radius 1 is 1.17 bits per heavy atom. The third-order valence-electron chi connectivity index (χ3n) is 3.75. The second kappa shape index (κ2) is 8.17. The number of benzene rings is 1. The fourth-order valence-corrected chi connectivity index (χ4v) is 3.49. The Hall–Kier alpha value is -2.99. The first kappa shape index (κ1) is 20.7. The van der Waals surface area contributed by atoms with E-state index in [2.05, 4.69) is 25.4 Å². The highest BCUT2D eigenvalue weighted by molar-refractivity contribution is 7.91. The van der Waals surface area contributed by atoms with Gasteiger partial charge in [-0.05, 0) is 31.2 Å². The van der Waals surface area contributed by atoms with Crippen molar-refractivity contribution in [1.82, 2.24) is 30.0 Å². The number of rotatable bonds is 6. The van der Waals surface area contributed by atoms with Crippen LogP contribution in [0.25, 0.3) is 5.95 Å². The fourth-order valence-electron chi connectivity index (χ4n) is 2.41. The first-order valence-electron chi connectivity index (χ1n) is 8.01. The molecule has 29 heavy (non-hydrogen) atoms. The number of sulfone groups is 1. The minimum atomic E-state index is -4.91. The molecule has 1 N–H and O–H groups in total. The van der Waals surface area contributed by atoms with Gasteiger partial charge in [-0.1, -0.05) is 11.6 Å². The maximum atomic E-state index is 12.8. The normalized spacial score (nSPS) is 12.7. The van der Waals surface area contributed by atoms with Gasteiger partial charge in [-0.3, -0.25) is 4.79 Å². The summed E-state index contributed by atoms with van der Waals surface area (Å²) in [5.74, 6) is -3.85. The molecule has 1 aromatic carbocycles. The van der Waals surface area contributed by atoms with Crippen molar-refractivity contribution in [2.24, 2.45) is 0 Å². The molecule has 1 amide bonds. The molecule has 0 unspecified atom stereocenters. The lowest BCUT2D eigenvalue weighted by molar-refractivity contribution is 0.0937. The number of carbonyl (C=O) groups excluding carboxylic acids is 1. The summed E-state index contributed by atoms with van der Waals surface area (Å²) in [5.41, 5.74) is -0.203. The van der Waals surface area contributed by atoms with Crippen LogP contribution in [0, 0.1) is 0 Å². The van der Waals surface area contributed by atoms with Crippen LogP contribution >= 0.6 is 11.6 Å². The average molecular weight is 443 g/mol. The topological polar surface area (TPSA) is 120 Å². The SMILES string of the molecule is C[C@H](NC(=O)c1cc(Cl)cc(S(=O)(=O)C(F)F)c1)c1ncnn1-c1ncccn1. The Labute approximate surface area is 168 Å². The Kier molecular flexibility index (Phi) is 5.84. The van der Waals surface area contributed by atoms with E-state index in [1.54, 1.807) is 13.0 Å². The van der Waals surface area contributed by atoms with Gasteiger partial charge in [0.25, 0.3) is 11.9 Å². The van der Waals surface area contributed by atoms with Crippen molar-refractivity contribution in [2.45, 2.75) is 23.6 Å². The minimum absolute atomic E-state index is 0.176. The molecule has 0 saturated carbocycles. The summed E-state index contributed by atoms with van der Waals surface area (Å²) in [6.07, 6.45) is 4.27. The highest BCUT2D eigenvalue weighted by Crippen LogP contribution is 2.24. The third-order valence-corrected chi connectivity index (χ3v) is 5.33. The number of halogens is 3. The number of nitrogens with one attached hydrogen (secondary N) is 1. The summed E-state index contributed by atoms with van der Waals surface area (Å²) in [6.45, 7) is 1.60. The van der Waals surface area contributed by atoms with Crippen molar-refractivity contribution >= 4 is 27.3 Å². The Balaban J connectivity index is 1.87. The number of amides is 1. The zero-order chi connectivity index (χ0) is 21.2. The summed E-state index contributed by atoms with van der Waals surface area (Å²) in [6, 6.07) is 3.77. The van der Waals surface area contributed by atoms with E-state index in [0.717, 1.165) is 12.1 Å². The van der Waals surface area contributed by atoms with E-state index >= 15 is 0 Å². The van der Waals surface area contributed by atoms with Crippen LogP contribution in [0.5, 0.6) is 0 Å². The molecule has 2 aromatic heterocycles. The van der Waals surface area contributed by atoms with Gasteiger partial charge in [0.2, 0.25) is 9.84 Å². The number of carbonyl (C=O) groups is 1. The van der Waals surface area contributed by atoms with Crippen molar-refractivity contribution in [3.05, 3.63) is 59.4 Å². The molecule has 0 aliphatic carbocycles. The quantitative estimate of drug-likeness (QED) is 0.621. The summed E-state index contributed by atoms with van der Waals surface area (Å²) in [5, 5.41) is 6.42. The first-order chi connectivity index (χ1) is 13.7. The molecule has 13 heteroatoms. The molecule has 0 fully saturated rings. The van der Waals surface area contributed by atoms with Gasteiger partial charge >= 0.3 is 5.76 Å². The number of aromatic nitrogens is 5. The molecule has 0 saturated heterocycles. The van der Waals surface area contributed by atoms with Crippen molar-refractivity contribution < 1.29 is 22.0 Å². The van der Waals surface area contributed by atoms with Gasteiger partial charge in [0.1, 0.15) is 6.33 Å². The van der Waals surface area contributed by atoms with Crippen LogP contribution < -0.4 is 5.32 Å². The monoisotopic (exact) mass is 442 g/mol. The van der Waals surface area contributed by atoms with Crippen LogP contribution in [0.1, 0.15) is 29.1 Å². The maximum Gasteiger partial charge on any atom is 0.341 e. The molecule has 152 valence electrons. The van der Waals surface area contributed by atoms with Crippen LogP contribution in [0.4, 0.5) is 8.78 Å². The lowest BCUT2D eigenvalue weighted by atomic mass is 10.2. The van der Waals surface area contributed by atoms with Crippen LogP contribution in [0.15, 0.2) is 47.9 Å². The van der Waals surface area contributed by atoms with E-state index in [0.29, 0.717) is 5.82 Å². The maximum absolute atomic E-state index is 12.8. The lowest BCUT2D eigenvalue weighted by Crippen LogP contribution is -2.29. The van der Waals surface area contributed by atoms with Gasteiger partial charge in [-0.25, -0.2) is 23.4 Å². The largest absolute Gasteiger partial charge is 0.342 e. The van der Waals surface area contributed by atoms with Gasteiger partial charge < -0.3 is 5.32 Å². The Morgan fingerprint density at radius 2 is 1.86 bits per heavy atom. The second-order valence-electron chi connectivity index (χ2n) is 5.76. The van der Waals surface area contributed by atoms with Gasteiger partial charge in [-0.2, -0.15) is 18.6 Å². The molecular formula is C16H13ClF2N6O3S. The molecule has 0 radical (unpaired) electrons. The van der Waals surface area contributed by atoms with Crippen LogP contribution in [0.2, 0.25) is 5.02 Å². The molecule has 0 aliphatic rings. The molecule has 3 rings (SSSR count). The molecule has 1 atom stereocenters. The van der Waals surface area contributed by atoms with E-state index in [9.17, 15) is 22.0 Å². The molecule has 0 bridgehead atoms. The lowest BCUT2D eigenvalue weighted by Gasteiger charge is -2.14. The van der Waals surface area contributed by atoms with Crippen molar-refractivity contribution in [3.63, 3.8) is 0 Å². The Bertz CT molecular complexity index is 1140. The average Bonchev–Trinajstić information content (AvgIpc) is 3.18. The molecule has 0 spiro atoms. The van der Waals surface area contributed by atoms with Gasteiger partial charge in [0, 0.05) is 23.0 Å². The highest BCUT2D eigenvalue weighted by atomic mass is 35.5. The standard InChI is InChI=1S/C16H13ClF2N6O3S/c1-9(13-22-8-23-25(13)16-20-3-2-4-21-16)24-14(26)10-5-11(17)7-12(6-10)29(27,28)15(18)19/h2-9,15H,1H3,(H,24,26)/t9-/m0/s1. The number of hydrogen-bond donors (Lipinski definition) is 1. The van der Waals surface area contributed by atoms with Gasteiger partial charge in [-0.15, -0.1) is 0 Å². The number of alkyl halides is 2. The van der Waals surface area contributed by atoms with E-state index in [1.165, 1.54) is 29.5 Å². The highest BCUT2D eigenvalue weighted by Gasteiger charge is 2.28. The van der Waals surface area contributed by atoms with E-state index in [1.807, 2.05) is 0 Å². The predicted octanol–water partition coefficient (Wildman–Crippen LogP) is 2.20. The molecule has 3 aromatic rings.